The summed E-state index contributed by atoms with van der Waals surface area (Å²) in [7, 11) is -3.76. The number of nitrogens with one attached hydrogen (secondary N) is 1. The molecule has 12 heteroatoms. The lowest BCUT2D eigenvalue weighted by molar-refractivity contribution is -0.131. The summed E-state index contributed by atoms with van der Waals surface area (Å²) in [5.41, 5.74) is 8.10. The highest BCUT2D eigenvalue weighted by Gasteiger charge is 2.17. The van der Waals surface area contributed by atoms with Gasteiger partial charge in [-0.15, -0.1) is 11.3 Å². The number of sulfonamides is 1. The highest BCUT2D eigenvalue weighted by Crippen LogP contribution is 2.40. The maximum absolute atomic E-state index is 11.4. The highest BCUT2D eigenvalue weighted by molar-refractivity contribution is 7.89. The van der Waals surface area contributed by atoms with E-state index in [1.165, 1.54) is 41.7 Å². The van der Waals surface area contributed by atoms with E-state index >= 15 is 0 Å². The lowest BCUT2D eigenvalue weighted by Gasteiger charge is -2.06. The third-order valence-electron chi connectivity index (χ3n) is 4.20. The number of carbonyl (C=O) groups is 1. The number of esters is 1. The van der Waals surface area contributed by atoms with Gasteiger partial charge in [-0.3, -0.25) is 4.79 Å². The number of nitrogens with zero attached hydrogens (tertiary/aromatic N) is 2. The van der Waals surface area contributed by atoms with Gasteiger partial charge in [-0.1, -0.05) is 23.5 Å². The Bertz CT molecular complexity index is 1390. The lowest BCUT2D eigenvalue weighted by atomic mass is 10.1. The van der Waals surface area contributed by atoms with Gasteiger partial charge in [0.25, 0.3) is 0 Å². The van der Waals surface area contributed by atoms with E-state index in [9.17, 15) is 13.2 Å². The van der Waals surface area contributed by atoms with Crippen LogP contribution in [0, 0.1) is 0 Å². The Hall–Kier alpha value is -3.32. The van der Waals surface area contributed by atoms with Crippen molar-refractivity contribution in [3.8, 4) is 26.9 Å². The minimum absolute atomic E-state index is 0.0201. The van der Waals surface area contributed by atoms with Gasteiger partial charge < -0.3 is 15.8 Å². The minimum atomic E-state index is -3.76. The SMILES string of the molecule is CC(=O)Oc1ccccc1-c1csc(-c2sc(Nc3ccc(S(N)(=O)=O)cc3)nc2N)n1. The number of benzene rings is 2. The van der Waals surface area contributed by atoms with Crippen LogP contribution in [-0.4, -0.2) is 24.4 Å². The first-order valence-electron chi connectivity index (χ1n) is 9.10. The third kappa shape index (κ3) is 4.78. The number of carbonyl (C=O) groups excluding carboxylic acids is 1. The second kappa shape index (κ2) is 8.67. The number of hydrogen-bond acceptors (Lipinski definition) is 10. The molecule has 4 aromatic rings. The summed E-state index contributed by atoms with van der Waals surface area (Å²) in [4.78, 5) is 21.1. The van der Waals surface area contributed by atoms with E-state index < -0.39 is 16.0 Å². The summed E-state index contributed by atoms with van der Waals surface area (Å²) in [5.74, 6) is 0.333. The van der Waals surface area contributed by atoms with Crippen molar-refractivity contribution in [1.29, 1.82) is 0 Å². The van der Waals surface area contributed by atoms with Gasteiger partial charge in [-0.25, -0.2) is 23.5 Å². The Balaban J connectivity index is 1.58. The number of nitrogens with two attached hydrogens (primary N) is 2. The van der Waals surface area contributed by atoms with Gasteiger partial charge in [0.2, 0.25) is 10.0 Å². The van der Waals surface area contributed by atoms with E-state index in [0.29, 0.717) is 43.5 Å². The molecule has 32 heavy (non-hydrogen) atoms. The Morgan fingerprint density at radius 2 is 1.81 bits per heavy atom. The first-order valence-corrected chi connectivity index (χ1v) is 12.3. The fraction of sp³-hybridized carbons (Fsp3) is 0.0500. The van der Waals surface area contributed by atoms with Gasteiger partial charge in [-0.05, 0) is 36.4 Å². The Morgan fingerprint density at radius 1 is 1.09 bits per heavy atom. The molecule has 2 heterocycles. The van der Waals surface area contributed by atoms with Crippen LogP contribution >= 0.6 is 22.7 Å². The number of rotatable bonds is 6. The summed E-state index contributed by atoms with van der Waals surface area (Å²) in [5, 5.41) is 11.3. The summed E-state index contributed by atoms with van der Waals surface area (Å²) in [6, 6.07) is 13.1. The third-order valence-corrected chi connectivity index (χ3v) is 7.11. The van der Waals surface area contributed by atoms with Crippen LogP contribution < -0.4 is 20.9 Å². The number of primary sulfonamides is 1. The fourth-order valence-corrected chi connectivity index (χ4v) is 5.15. The molecule has 0 radical (unpaired) electrons. The van der Waals surface area contributed by atoms with Crippen molar-refractivity contribution in [3.05, 3.63) is 53.9 Å². The average molecular weight is 488 g/mol. The zero-order chi connectivity index (χ0) is 22.9. The zero-order valence-corrected chi connectivity index (χ0v) is 19.1. The maximum atomic E-state index is 11.4. The quantitative estimate of drug-likeness (QED) is 0.274. The van der Waals surface area contributed by atoms with Crippen LogP contribution in [0.15, 0.2) is 58.8 Å². The van der Waals surface area contributed by atoms with E-state index in [1.54, 1.807) is 24.3 Å². The molecule has 0 aliphatic rings. The Kier molecular flexibility index (Phi) is 5.93. The molecule has 0 atom stereocenters. The van der Waals surface area contributed by atoms with Crippen molar-refractivity contribution >= 4 is 55.3 Å². The predicted octanol–water partition coefficient (Wildman–Crippen LogP) is 3.83. The fourth-order valence-electron chi connectivity index (χ4n) is 2.81. The number of ether oxygens (including phenoxy) is 1. The summed E-state index contributed by atoms with van der Waals surface area (Å²) < 4.78 is 28.0. The molecule has 0 saturated carbocycles. The van der Waals surface area contributed by atoms with Crippen LogP contribution in [0.4, 0.5) is 16.6 Å². The molecule has 9 nitrogen and oxygen atoms in total. The van der Waals surface area contributed by atoms with Gasteiger partial charge in [-0.2, -0.15) is 0 Å². The van der Waals surface area contributed by atoms with Crippen LogP contribution in [0.3, 0.4) is 0 Å². The molecule has 0 unspecified atom stereocenters. The van der Waals surface area contributed by atoms with Gasteiger partial charge >= 0.3 is 5.97 Å². The van der Waals surface area contributed by atoms with Crippen LogP contribution in [0.2, 0.25) is 0 Å². The second-order valence-electron chi connectivity index (χ2n) is 6.56. The summed E-state index contributed by atoms with van der Waals surface area (Å²) >= 11 is 2.71. The molecule has 0 aliphatic carbocycles. The normalized spacial score (nSPS) is 11.3. The lowest BCUT2D eigenvalue weighted by Crippen LogP contribution is -2.11. The number of nitrogen functional groups attached to an aromatic ring is 1. The van der Waals surface area contributed by atoms with E-state index in [2.05, 4.69) is 15.3 Å². The maximum Gasteiger partial charge on any atom is 0.308 e. The first-order chi connectivity index (χ1) is 15.2. The van der Waals surface area contributed by atoms with Gasteiger partial charge in [0.1, 0.15) is 21.5 Å². The molecule has 0 fully saturated rings. The Morgan fingerprint density at radius 3 is 2.50 bits per heavy atom. The van der Waals surface area contributed by atoms with Crippen molar-refractivity contribution < 1.29 is 17.9 Å². The molecule has 0 spiro atoms. The van der Waals surface area contributed by atoms with Crippen LogP contribution in [-0.2, 0) is 14.8 Å². The molecule has 4 rings (SSSR count). The van der Waals surface area contributed by atoms with Crippen LogP contribution in [0.1, 0.15) is 6.92 Å². The second-order valence-corrected chi connectivity index (χ2v) is 9.97. The average Bonchev–Trinajstić information content (AvgIpc) is 3.34. The van der Waals surface area contributed by atoms with Crippen LogP contribution in [0.5, 0.6) is 5.75 Å². The van der Waals surface area contributed by atoms with Gasteiger partial charge in [0, 0.05) is 23.6 Å². The largest absolute Gasteiger partial charge is 0.426 e. The molecular weight excluding hydrogens is 470 g/mol. The standard InChI is InChI=1S/C20H17N5O4S3/c1-11(26)29-16-5-3-2-4-14(16)15-10-30-19(24-15)17-18(21)25-20(31-17)23-12-6-8-13(9-7-12)32(22,27)28/h2-10H,21H2,1H3,(H,23,25)(H2,22,27,28). The molecule has 5 N–H and O–H groups in total. The number of anilines is 3. The zero-order valence-electron chi connectivity index (χ0n) is 16.6. The topological polar surface area (TPSA) is 150 Å². The molecule has 0 aliphatic heterocycles. The molecular formula is C20H17N5O4S3. The number of para-hydroxylation sites is 1. The molecule has 0 saturated heterocycles. The van der Waals surface area contributed by atoms with Crippen molar-refractivity contribution in [3.63, 3.8) is 0 Å². The number of aromatic nitrogens is 2. The van der Waals surface area contributed by atoms with Gasteiger partial charge in [0.15, 0.2) is 5.13 Å². The first kappa shape index (κ1) is 21.9. The van der Waals surface area contributed by atoms with Crippen molar-refractivity contribution in [2.45, 2.75) is 11.8 Å². The summed E-state index contributed by atoms with van der Waals surface area (Å²) in [6.07, 6.45) is 0. The van der Waals surface area contributed by atoms with E-state index in [1.807, 2.05) is 17.5 Å². The van der Waals surface area contributed by atoms with Crippen molar-refractivity contribution in [2.24, 2.45) is 5.14 Å². The predicted molar refractivity (Wildman–Crippen MR) is 125 cm³/mol. The smallest absolute Gasteiger partial charge is 0.308 e. The van der Waals surface area contributed by atoms with Gasteiger partial charge in [0.05, 0.1) is 10.6 Å². The highest BCUT2D eigenvalue weighted by atomic mass is 32.2. The molecule has 0 bridgehead atoms. The van der Waals surface area contributed by atoms with Crippen LogP contribution in [0.25, 0.3) is 21.1 Å². The summed E-state index contributed by atoms with van der Waals surface area (Å²) in [6.45, 7) is 1.35. The molecule has 164 valence electrons. The monoisotopic (exact) mass is 487 g/mol. The minimum Gasteiger partial charge on any atom is -0.426 e. The number of thiazole rings is 2. The van der Waals surface area contributed by atoms with E-state index in [4.69, 9.17) is 15.6 Å². The van der Waals surface area contributed by atoms with Crippen molar-refractivity contribution in [1.82, 2.24) is 9.97 Å². The van der Waals surface area contributed by atoms with E-state index in [0.717, 1.165) is 0 Å². The Labute approximate surface area is 191 Å². The molecule has 0 amide bonds. The molecule has 2 aromatic heterocycles. The van der Waals surface area contributed by atoms with E-state index in [-0.39, 0.29) is 4.90 Å². The number of hydrogen-bond donors (Lipinski definition) is 3. The van der Waals surface area contributed by atoms with Crippen molar-refractivity contribution in [2.75, 3.05) is 11.1 Å². The molecule has 2 aromatic carbocycles.